The second kappa shape index (κ2) is 11.3. The number of hydrogen-bond donors (Lipinski definition) is 1. The van der Waals surface area contributed by atoms with Gasteiger partial charge < -0.3 is 15.1 Å². The molecule has 6 nitrogen and oxygen atoms in total. The van der Waals surface area contributed by atoms with Gasteiger partial charge in [-0.25, -0.2) is 0 Å². The molecule has 3 amide bonds. The van der Waals surface area contributed by atoms with E-state index in [9.17, 15) is 14.4 Å². The van der Waals surface area contributed by atoms with Crippen LogP contribution in [0.1, 0.15) is 53.6 Å². The Morgan fingerprint density at radius 3 is 2.21 bits per heavy atom. The molecule has 2 aromatic carbocycles. The van der Waals surface area contributed by atoms with Crippen molar-refractivity contribution in [3.05, 3.63) is 71.3 Å². The number of benzene rings is 2. The fourth-order valence-electron chi connectivity index (χ4n) is 5.10. The molecule has 0 bridgehead atoms. The van der Waals surface area contributed by atoms with Crippen molar-refractivity contribution >= 4 is 17.7 Å². The molecule has 4 rings (SSSR count). The van der Waals surface area contributed by atoms with Crippen LogP contribution < -0.4 is 5.32 Å². The highest BCUT2D eigenvalue weighted by Gasteiger charge is 2.36. The number of nitrogens with one attached hydrogen (secondary N) is 1. The van der Waals surface area contributed by atoms with E-state index >= 15 is 0 Å². The number of hydrogen-bond acceptors (Lipinski definition) is 3. The van der Waals surface area contributed by atoms with Crippen molar-refractivity contribution in [1.82, 2.24) is 15.1 Å². The summed E-state index contributed by atoms with van der Waals surface area (Å²) >= 11 is 0. The predicted molar refractivity (Wildman–Crippen MR) is 132 cm³/mol. The summed E-state index contributed by atoms with van der Waals surface area (Å²) in [5.41, 5.74) is 2.67. The van der Waals surface area contributed by atoms with Gasteiger partial charge in [0, 0.05) is 38.2 Å². The van der Waals surface area contributed by atoms with Gasteiger partial charge in [-0.1, -0.05) is 48.5 Å². The van der Waals surface area contributed by atoms with E-state index in [2.05, 4.69) is 5.32 Å². The standard InChI is InChI=1S/C28H35N3O3/c1-21-9-5-6-12-24(21)27(33)29-26(28(34)31-17-7-8-18-31)23-15-19-30(20-16-23)25(32)14-13-22-10-3-2-4-11-22/h2-6,9-12,23,26H,7-8,13-20H2,1H3,(H,29,33)/t26-/m0/s1. The van der Waals surface area contributed by atoms with Crippen molar-refractivity contribution in [3.8, 4) is 0 Å². The molecule has 0 aliphatic carbocycles. The van der Waals surface area contributed by atoms with E-state index in [1.807, 2.05) is 65.3 Å². The van der Waals surface area contributed by atoms with Crippen molar-refractivity contribution in [3.63, 3.8) is 0 Å². The number of aryl methyl sites for hydroxylation is 2. The number of carbonyl (C=O) groups excluding carboxylic acids is 3. The highest BCUT2D eigenvalue weighted by Crippen LogP contribution is 2.25. The monoisotopic (exact) mass is 461 g/mol. The topological polar surface area (TPSA) is 69.7 Å². The Kier molecular flexibility index (Phi) is 7.99. The molecule has 34 heavy (non-hydrogen) atoms. The maximum Gasteiger partial charge on any atom is 0.252 e. The lowest BCUT2D eigenvalue weighted by atomic mass is 9.88. The van der Waals surface area contributed by atoms with Crippen molar-refractivity contribution < 1.29 is 14.4 Å². The molecular formula is C28H35N3O3. The second-order valence-electron chi connectivity index (χ2n) is 9.50. The van der Waals surface area contributed by atoms with Gasteiger partial charge >= 0.3 is 0 Å². The van der Waals surface area contributed by atoms with E-state index < -0.39 is 6.04 Å². The van der Waals surface area contributed by atoms with Crippen molar-refractivity contribution in [2.24, 2.45) is 5.92 Å². The molecule has 2 heterocycles. The quantitative estimate of drug-likeness (QED) is 0.685. The third kappa shape index (κ3) is 5.85. The van der Waals surface area contributed by atoms with Crippen LogP contribution in [0.25, 0.3) is 0 Å². The summed E-state index contributed by atoms with van der Waals surface area (Å²) in [6, 6.07) is 17.0. The molecule has 0 unspecified atom stereocenters. The zero-order valence-corrected chi connectivity index (χ0v) is 20.0. The average molecular weight is 462 g/mol. The molecule has 2 aliphatic rings. The lowest BCUT2D eigenvalue weighted by molar-refractivity contribution is -0.135. The number of carbonyl (C=O) groups is 3. The van der Waals surface area contributed by atoms with Gasteiger partial charge in [-0.15, -0.1) is 0 Å². The zero-order valence-electron chi connectivity index (χ0n) is 20.0. The smallest absolute Gasteiger partial charge is 0.252 e. The van der Waals surface area contributed by atoms with E-state index in [0.29, 0.717) is 25.1 Å². The first-order valence-corrected chi connectivity index (χ1v) is 12.5. The molecule has 2 aromatic rings. The first-order chi connectivity index (χ1) is 16.5. The average Bonchev–Trinajstić information content (AvgIpc) is 3.41. The largest absolute Gasteiger partial charge is 0.343 e. The molecule has 0 aromatic heterocycles. The number of rotatable bonds is 7. The number of piperidine rings is 1. The summed E-state index contributed by atoms with van der Waals surface area (Å²) < 4.78 is 0. The van der Waals surface area contributed by atoms with E-state index in [1.165, 1.54) is 5.56 Å². The summed E-state index contributed by atoms with van der Waals surface area (Å²) in [6.45, 7) is 4.68. The molecule has 2 fully saturated rings. The van der Waals surface area contributed by atoms with Crippen LogP contribution in [0.4, 0.5) is 0 Å². The maximum atomic E-state index is 13.4. The van der Waals surface area contributed by atoms with E-state index in [0.717, 1.165) is 50.8 Å². The maximum absolute atomic E-state index is 13.4. The molecule has 0 spiro atoms. The molecular weight excluding hydrogens is 426 g/mol. The number of nitrogens with zero attached hydrogens (tertiary/aromatic N) is 2. The van der Waals surface area contributed by atoms with Crippen LogP contribution in [0.15, 0.2) is 54.6 Å². The van der Waals surface area contributed by atoms with Crippen LogP contribution >= 0.6 is 0 Å². The van der Waals surface area contributed by atoms with Gasteiger partial charge in [0.2, 0.25) is 11.8 Å². The first-order valence-electron chi connectivity index (χ1n) is 12.5. The summed E-state index contributed by atoms with van der Waals surface area (Å²) in [5.74, 6) is 0.0122. The van der Waals surface area contributed by atoms with E-state index in [-0.39, 0.29) is 23.6 Å². The molecule has 2 aliphatic heterocycles. The summed E-state index contributed by atoms with van der Waals surface area (Å²) in [4.78, 5) is 43.1. The Balaban J connectivity index is 1.38. The van der Waals surface area contributed by atoms with Crippen LogP contribution in [0.5, 0.6) is 0 Å². The van der Waals surface area contributed by atoms with E-state index in [1.54, 1.807) is 6.07 Å². The fourth-order valence-corrected chi connectivity index (χ4v) is 5.10. The van der Waals surface area contributed by atoms with Crippen LogP contribution in [0, 0.1) is 12.8 Å². The minimum absolute atomic E-state index is 0.0216. The predicted octanol–water partition coefficient (Wildman–Crippen LogP) is 3.59. The van der Waals surface area contributed by atoms with Crippen LogP contribution in [-0.4, -0.2) is 59.7 Å². The normalized spacial score (nSPS) is 17.4. The Hall–Kier alpha value is -3.15. The minimum atomic E-state index is -0.549. The Morgan fingerprint density at radius 1 is 0.882 bits per heavy atom. The lowest BCUT2D eigenvalue weighted by Gasteiger charge is -2.37. The van der Waals surface area contributed by atoms with Crippen molar-refractivity contribution in [1.29, 1.82) is 0 Å². The highest BCUT2D eigenvalue weighted by atomic mass is 16.2. The van der Waals surface area contributed by atoms with E-state index in [4.69, 9.17) is 0 Å². The Bertz CT molecular complexity index is 993. The third-order valence-corrected chi connectivity index (χ3v) is 7.19. The zero-order chi connectivity index (χ0) is 23.9. The molecule has 2 saturated heterocycles. The third-order valence-electron chi connectivity index (χ3n) is 7.19. The van der Waals surface area contributed by atoms with Gasteiger partial charge in [0.25, 0.3) is 5.91 Å². The second-order valence-corrected chi connectivity index (χ2v) is 9.50. The molecule has 0 radical (unpaired) electrons. The highest BCUT2D eigenvalue weighted by molar-refractivity contribution is 5.98. The summed E-state index contributed by atoms with van der Waals surface area (Å²) in [6.07, 6.45) is 4.69. The van der Waals surface area contributed by atoms with Crippen molar-refractivity contribution in [2.75, 3.05) is 26.2 Å². The summed E-state index contributed by atoms with van der Waals surface area (Å²) in [5, 5.41) is 3.08. The van der Waals surface area contributed by atoms with Gasteiger partial charge in [0.15, 0.2) is 0 Å². The van der Waals surface area contributed by atoms with Gasteiger partial charge in [-0.05, 0) is 62.1 Å². The SMILES string of the molecule is Cc1ccccc1C(=O)N[C@H](C(=O)N1CCCC1)C1CCN(C(=O)CCc2ccccc2)CC1. The van der Waals surface area contributed by atoms with Crippen LogP contribution in [-0.2, 0) is 16.0 Å². The van der Waals surface area contributed by atoms with Gasteiger partial charge in [-0.3, -0.25) is 14.4 Å². The van der Waals surface area contributed by atoms with Gasteiger partial charge in [-0.2, -0.15) is 0 Å². The Morgan fingerprint density at radius 2 is 1.53 bits per heavy atom. The number of amides is 3. The molecule has 180 valence electrons. The first kappa shape index (κ1) is 24.0. The number of likely N-dealkylation sites (tertiary alicyclic amines) is 2. The van der Waals surface area contributed by atoms with Gasteiger partial charge in [0.05, 0.1) is 0 Å². The van der Waals surface area contributed by atoms with Gasteiger partial charge in [0.1, 0.15) is 6.04 Å². The molecule has 1 atom stereocenters. The molecule has 1 N–H and O–H groups in total. The minimum Gasteiger partial charge on any atom is -0.343 e. The lowest BCUT2D eigenvalue weighted by Crippen LogP contribution is -2.54. The van der Waals surface area contributed by atoms with Crippen molar-refractivity contribution in [2.45, 2.75) is 51.5 Å². The molecule has 0 saturated carbocycles. The van der Waals surface area contributed by atoms with Crippen LogP contribution in [0.2, 0.25) is 0 Å². The Labute approximate surface area is 202 Å². The molecule has 6 heteroatoms. The summed E-state index contributed by atoms with van der Waals surface area (Å²) in [7, 11) is 0. The van der Waals surface area contributed by atoms with Crippen LogP contribution in [0.3, 0.4) is 0 Å². The fraction of sp³-hybridized carbons (Fsp3) is 0.464.